The van der Waals surface area contributed by atoms with Gasteiger partial charge in [-0.05, 0) is 83.9 Å². The fraction of sp³-hybridized carbons (Fsp3) is 0.0909. The number of hydrogen-bond donors (Lipinski definition) is 0. The summed E-state index contributed by atoms with van der Waals surface area (Å²) in [6.07, 6.45) is 0. The zero-order valence-electron chi connectivity index (χ0n) is 14.5. The van der Waals surface area contributed by atoms with Gasteiger partial charge in [0.05, 0.1) is 0 Å². The first-order valence-electron chi connectivity index (χ1n) is 8.32. The standard InChI is InChI=1S/C22H17Br2OP/c1-26(2,25)16-10-7-14(8-11-16)15-9-12-19-20(13-15)22(24)18-6-4-3-5-17(18)21(19)23/h3-13H,1-2H3. The maximum absolute atomic E-state index is 12.2. The van der Waals surface area contributed by atoms with Crippen LogP contribution >= 0.6 is 39.0 Å². The molecule has 0 heterocycles. The minimum Gasteiger partial charge on any atom is -0.319 e. The van der Waals surface area contributed by atoms with Crippen LogP contribution in [0.4, 0.5) is 0 Å². The van der Waals surface area contributed by atoms with Crippen molar-refractivity contribution in [2.75, 3.05) is 13.3 Å². The molecule has 0 aliphatic carbocycles. The van der Waals surface area contributed by atoms with Gasteiger partial charge >= 0.3 is 0 Å². The highest BCUT2D eigenvalue weighted by Crippen LogP contribution is 2.41. The lowest BCUT2D eigenvalue weighted by molar-refractivity contribution is 0.588. The van der Waals surface area contributed by atoms with Gasteiger partial charge in [-0.25, -0.2) is 0 Å². The monoisotopic (exact) mass is 486 g/mol. The highest BCUT2D eigenvalue weighted by Gasteiger charge is 2.13. The van der Waals surface area contributed by atoms with Crippen molar-refractivity contribution in [1.29, 1.82) is 0 Å². The molecule has 4 aromatic carbocycles. The van der Waals surface area contributed by atoms with E-state index in [0.29, 0.717) is 0 Å². The highest BCUT2D eigenvalue weighted by atomic mass is 79.9. The molecular formula is C22H17Br2OP. The third-order valence-electron chi connectivity index (χ3n) is 4.71. The third-order valence-corrected chi connectivity index (χ3v) is 7.97. The maximum atomic E-state index is 12.2. The molecule has 4 aromatic rings. The Morgan fingerprint density at radius 1 is 0.654 bits per heavy atom. The molecule has 1 nitrogen and oxygen atoms in total. The van der Waals surface area contributed by atoms with Crippen LogP contribution in [0.5, 0.6) is 0 Å². The number of benzene rings is 4. The molecule has 0 N–H and O–H groups in total. The lowest BCUT2D eigenvalue weighted by Gasteiger charge is -2.12. The second-order valence-corrected chi connectivity index (χ2v) is 11.6. The average Bonchev–Trinajstić information content (AvgIpc) is 2.65. The topological polar surface area (TPSA) is 17.1 Å². The van der Waals surface area contributed by atoms with E-state index in [2.05, 4.69) is 86.5 Å². The van der Waals surface area contributed by atoms with Crippen LogP contribution in [0.1, 0.15) is 0 Å². The summed E-state index contributed by atoms with van der Waals surface area (Å²) in [7, 11) is -2.22. The smallest absolute Gasteiger partial charge is 0.109 e. The Labute approximate surface area is 170 Å². The Morgan fingerprint density at radius 2 is 1.15 bits per heavy atom. The van der Waals surface area contributed by atoms with Gasteiger partial charge in [0, 0.05) is 14.2 Å². The van der Waals surface area contributed by atoms with Gasteiger partial charge in [-0.3, -0.25) is 0 Å². The van der Waals surface area contributed by atoms with Crippen molar-refractivity contribution in [1.82, 2.24) is 0 Å². The quantitative estimate of drug-likeness (QED) is 0.212. The summed E-state index contributed by atoms with van der Waals surface area (Å²) in [6.45, 7) is 3.61. The summed E-state index contributed by atoms with van der Waals surface area (Å²) >= 11 is 7.58. The predicted octanol–water partition coefficient (Wildman–Crippen LogP) is 7.43. The van der Waals surface area contributed by atoms with Crippen LogP contribution in [-0.4, -0.2) is 13.3 Å². The average molecular weight is 488 g/mol. The number of halogens is 2. The molecule has 0 aliphatic heterocycles. The Balaban J connectivity index is 1.92. The van der Waals surface area contributed by atoms with Gasteiger partial charge in [0.25, 0.3) is 0 Å². The molecule has 0 saturated carbocycles. The van der Waals surface area contributed by atoms with Crippen molar-refractivity contribution in [3.05, 3.63) is 75.7 Å². The van der Waals surface area contributed by atoms with Gasteiger partial charge in [0.15, 0.2) is 0 Å². The van der Waals surface area contributed by atoms with Crippen molar-refractivity contribution in [2.24, 2.45) is 0 Å². The molecule has 26 heavy (non-hydrogen) atoms. The van der Waals surface area contributed by atoms with Crippen LogP contribution in [0.25, 0.3) is 32.7 Å². The zero-order chi connectivity index (χ0) is 18.5. The molecular weight excluding hydrogens is 471 g/mol. The van der Waals surface area contributed by atoms with Crippen LogP contribution in [0, 0.1) is 0 Å². The fourth-order valence-corrected chi connectivity index (χ4v) is 5.50. The first-order valence-corrected chi connectivity index (χ1v) is 12.5. The normalized spacial score (nSPS) is 12.0. The summed E-state index contributed by atoms with van der Waals surface area (Å²) in [5.74, 6) is 0. The first-order chi connectivity index (χ1) is 12.4. The summed E-state index contributed by atoms with van der Waals surface area (Å²) in [6, 6.07) is 22.9. The Kier molecular flexibility index (Phi) is 4.59. The molecule has 0 aliphatic rings. The third kappa shape index (κ3) is 3.07. The molecule has 0 bridgehead atoms. The van der Waals surface area contributed by atoms with Crippen molar-refractivity contribution in [3.8, 4) is 11.1 Å². The van der Waals surface area contributed by atoms with Gasteiger partial charge in [-0.15, -0.1) is 0 Å². The molecule has 0 amide bonds. The Morgan fingerprint density at radius 3 is 1.73 bits per heavy atom. The van der Waals surface area contributed by atoms with E-state index in [1.54, 1.807) is 13.3 Å². The van der Waals surface area contributed by atoms with Crippen molar-refractivity contribution < 1.29 is 4.57 Å². The van der Waals surface area contributed by atoms with Crippen LogP contribution in [0.15, 0.2) is 75.7 Å². The lowest BCUT2D eigenvalue weighted by atomic mass is 9.98. The SMILES string of the molecule is CP(C)(=O)c1ccc(-c2ccc3c(Br)c4ccccc4c(Br)c3c2)cc1. The van der Waals surface area contributed by atoms with E-state index >= 15 is 0 Å². The van der Waals surface area contributed by atoms with E-state index in [4.69, 9.17) is 0 Å². The molecule has 4 heteroatoms. The van der Waals surface area contributed by atoms with E-state index in [1.165, 1.54) is 21.5 Å². The molecule has 0 fully saturated rings. The summed E-state index contributed by atoms with van der Waals surface area (Å²) in [5, 5.41) is 5.66. The largest absolute Gasteiger partial charge is 0.319 e. The molecule has 130 valence electrons. The fourth-order valence-electron chi connectivity index (χ4n) is 3.27. The van der Waals surface area contributed by atoms with Crippen molar-refractivity contribution in [3.63, 3.8) is 0 Å². The van der Waals surface area contributed by atoms with Gasteiger partial charge < -0.3 is 4.57 Å². The zero-order valence-corrected chi connectivity index (χ0v) is 18.5. The Bertz CT molecular complexity index is 1190. The number of fused-ring (bicyclic) bond motifs is 2. The molecule has 0 spiro atoms. The summed E-state index contributed by atoms with van der Waals surface area (Å²) < 4.78 is 14.5. The number of hydrogen-bond acceptors (Lipinski definition) is 1. The van der Waals surface area contributed by atoms with E-state index in [9.17, 15) is 4.57 Å². The van der Waals surface area contributed by atoms with E-state index in [-0.39, 0.29) is 0 Å². The summed E-state index contributed by atoms with van der Waals surface area (Å²) in [4.78, 5) is 0. The van der Waals surface area contributed by atoms with Gasteiger partial charge in [-0.1, -0.05) is 60.7 Å². The molecule has 0 radical (unpaired) electrons. The molecule has 0 saturated heterocycles. The first kappa shape index (κ1) is 18.0. The van der Waals surface area contributed by atoms with E-state index < -0.39 is 7.14 Å². The van der Waals surface area contributed by atoms with Crippen LogP contribution in [-0.2, 0) is 4.57 Å². The van der Waals surface area contributed by atoms with Crippen LogP contribution in [0.3, 0.4) is 0 Å². The minimum atomic E-state index is -2.22. The van der Waals surface area contributed by atoms with Gasteiger partial charge in [0.1, 0.15) is 7.14 Å². The maximum Gasteiger partial charge on any atom is 0.109 e. The van der Waals surface area contributed by atoms with Crippen molar-refractivity contribution in [2.45, 2.75) is 0 Å². The van der Waals surface area contributed by atoms with E-state index in [1.807, 2.05) is 12.1 Å². The highest BCUT2D eigenvalue weighted by molar-refractivity contribution is 9.11. The van der Waals surface area contributed by atoms with Gasteiger partial charge in [-0.2, -0.15) is 0 Å². The second-order valence-electron chi connectivity index (χ2n) is 6.83. The second kappa shape index (κ2) is 6.64. The van der Waals surface area contributed by atoms with Crippen LogP contribution < -0.4 is 5.30 Å². The predicted molar refractivity (Wildman–Crippen MR) is 121 cm³/mol. The molecule has 0 unspecified atom stereocenters. The van der Waals surface area contributed by atoms with E-state index in [0.717, 1.165) is 25.4 Å². The Hall–Kier alpha value is -1.41. The minimum absolute atomic E-state index is 0.914. The molecule has 0 aromatic heterocycles. The van der Waals surface area contributed by atoms with Crippen LogP contribution in [0.2, 0.25) is 0 Å². The lowest BCUT2D eigenvalue weighted by Crippen LogP contribution is -2.01. The molecule has 0 atom stereocenters. The molecule has 4 rings (SSSR count). The van der Waals surface area contributed by atoms with Gasteiger partial charge in [0.2, 0.25) is 0 Å². The van der Waals surface area contributed by atoms with Crippen molar-refractivity contribution >= 4 is 65.9 Å². The number of rotatable bonds is 2. The summed E-state index contributed by atoms with van der Waals surface area (Å²) in [5.41, 5.74) is 2.27.